The molecule has 1 aromatic heterocycles. The van der Waals surface area contributed by atoms with Crippen LogP contribution in [0.15, 0.2) is 60.8 Å². The maximum atomic E-state index is 12.6. The summed E-state index contributed by atoms with van der Waals surface area (Å²) in [6.45, 7) is 0.920. The van der Waals surface area contributed by atoms with E-state index in [1.54, 1.807) is 11.5 Å². The lowest BCUT2D eigenvalue weighted by Gasteiger charge is -2.28. The topological polar surface area (TPSA) is 84.0 Å². The molecule has 1 amide bonds. The van der Waals surface area contributed by atoms with E-state index in [0.717, 1.165) is 40.4 Å². The molecule has 2 aromatic carbocycles. The van der Waals surface area contributed by atoms with Crippen molar-refractivity contribution in [2.24, 2.45) is 0 Å². The van der Waals surface area contributed by atoms with Crippen LogP contribution in [0.5, 0.6) is 0 Å². The van der Waals surface area contributed by atoms with Gasteiger partial charge in [-0.3, -0.25) is 10.3 Å². The molecule has 1 fully saturated rings. The molecule has 156 valence electrons. The Morgan fingerprint density at radius 3 is 2.67 bits per heavy atom. The van der Waals surface area contributed by atoms with Gasteiger partial charge < -0.3 is 0 Å². The maximum Gasteiger partial charge on any atom is 0.316 e. The molecule has 2 heterocycles. The molecular weight excluding hydrogens is 398 g/mol. The van der Waals surface area contributed by atoms with Crippen LogP contribution in [-0.4, -0.2) is 49.0 Å². The molecule has 2 N–H and O–H groups in total. The minimum atomic E-state index is -3.22. The Labute approximate surface area is 177 Å². The second kappa shape index (κ2) is 8.63. The molecular formula is C23H26N3O3S+. The lowest BCUT2D eigenvalue weighted by Crippen LogP contribution is -2.95. The maximum absolute atomic E-state index is 12.6. The van der Waals surface area contributed by atoms with Gasteiger partial charge in [0.15, 0.2) is 0 Å². The van der Waals surface area contributed by atoms with Gasteiger partial charge >= 0.3 is 5.91 Å². The zero-order valence-electron chi connectivity index (χ0n) is 17.0. The van der Waals surface area contributed by atoms with Crippen LogP contribution in [0.4, 0.5) is 0 Å². The van der Waals surface area contributed by atoms with Gasteiger partial charge in [0.25, 0.3) is 0 Å². The molecule has 1 unspecified atom stereocenters. The normalized spacial score (nSPS) is 17.8. The summed E-state index contributed by atoms with van der Waals surface area (Å²) in [7, 11) is -3.22. The highest BCUT2D eigenvalue weighted by atomic mass is 32.2. The van der Waals surface area contributed by atoms with Gasteiger partial charge in [0.05, 0.1) is 18.5 Å². The van der Waals surface area contributed by atoms with E-state index in [9.17, 15) is 13.2 Å². The first-order valence-corrected chi connectivity index (χ1v) is 12.0. The third-order valence-corrected chi connectivity index (χ3v) is 6.82. The Kier molecular flexibility index (Phi) is 5.94. The quantitative estimate of drug-likeness (QED) is 0.679. The molecule has 0 saturated carbocycles. The standard InChI is InChI=1S/C23H25N3O3S/c1-30(28,29)26-11-5-8-21(16-26)25-23(27)14-22-13-20-12-18(9-10-19(20)15-24-22)17-6-3-2-4-7-17/h2-4,6-7,9-10,12-13,15,21H,5,8,11,14,16H2,1H3,(H,25,27)/p+1. The van der Waals surface area contributed by atoms with Crippen molar-refractivity contribution in [3.05, 3.63) is 66.5 Å². The van der Waals surface area contributed by atoms with Gasteiger partial charge in [-0.25, -0.2) is 13.2 Å². The highest BCUT2D eigenvalue weighted by Gasteiger charge is 2.29. The Morgan fingerprint density at radius 2 is 1.90 bits per heavy atom. The number of carbonyl (C=O) groups excluding carboxylic acids is 1. The number of quaternary nitrogens is 1. The predicted molar refractivity (Wildman–Crippen MR) is 117 cm³/mol. The monoisotopic (exact) mass is 424 g/mol. The van der Waals surface area contributed by atoms with Crippen LogP contribution in [0.1, 0.15) is 18.5 Å². The third-order valence-electron chi connectivity index (χ3n) is 5.55. The first-order valence-electron chi connectivity index (χ1n) is 10.2. The summed E-state index contributed by atoms with van der Waals surface area (Å²) in [4.78, 5) is 17.0. The second-order valence-corrected chi connectivity index (χ2v) is 9.92. The van der Waals surface area contributed by atoms with Crippen LogP contribution in [0, 0.1) is 0 Å². The third kappa shape index (κ3) is 4.92. The number of nitrogens with zero attached hydrogens (tertiary/aromatic N) is 2. The van der Waals surface area contributed by atoms with Crippen LogP contribution < -0.4 is 5.32 Å². The highest BCUT2D eigenvalue weighted by molar-refractivity contribution is 7.88. The molecule has 4 rings (SSSR count). The molecule has 6 nitrogen and oxygen atoms in total. The number of aromatic nitrogens is 1. The van der Waals surface area contributed by atoms with E-state index >= 15 is 0 Å². The van der Waals surface area contributed by atoms with Gasteiger partial charge in [-0.2, -0.15) is 4.31 Å². The molecule has 1 saturated heterocycles. The van der Waals surface area contributed by atoms with Crippen molar-refractivity contribution in [3.8, 4) is 11.1 Å². The van der Waals surface area contributed by atoms with Gasteiger partial charge in [0.1, 0.15) is 12.5 Å². The van der Waals surface area contributed by atoms with E-state index in [0.29, 0.717) is 13.1 Å². The SMILES string of the molecule is CS(=O)(=O)N1CCCC([NH2+]C(=O)Cc2cc3cc(-c4ccccc4)ccc3cn2)C1. The Morgan fingerprint density at radius 1 is 1.10 bits per heavy atom. The van der Waals surface area contributed by atoms with Crippen molar-refractivity contribution in [1.82, 2.24) is 9.29 Å². The largest absolute Gasteiger partial charge is 0.316 e. The van der Waals surface area contributed by atoms with Gasteiger partial charge in [-0.15, -0.1) is 0 Å². The zero-order chi connectivity index (χ0) is 21.1. The van der Waals surface area contributed by atoms with Crippen LogP contribution in [0.2, 0.25) is 0 Å². The molecule has 0 bridgehead atoms. The predicted octanol–water partition coefficient (Wildman–Crippen LogP) is 1.96. The summed E-state index contributed by atoms with van der Waals surface area (Å²) in [6.07, 6.45) is 4.86. The van der Waals surface area contributed by atoms with Gasteiger partial charge in [0.2, 0.25) is 10.0 Å². The lowest BCUT2D eigenvalue weighted by molar-refractivity contribution is -0.607. The Bertz CT molecular complexity index is 1160. The summed E-state index contributed by atoms with van der Waals surface area (Å²) in [5.41, 5.74) is 3.00. The van der Waals surface area contributed by atoms with Gasteiger partial charge in [-0.1, -0.05) is 42.5 Å². The molecule has 1 aliphatic rings. The van der Waals surface area contributed by atoms with E-state index < -0.39 is 10.0 Å². The van der Waals surface area contributed by atoms with E-state index in [2.05, 4.69) is 29.2 Å². The highest BCUT2D eigenvalue weighted by Crippen LogP contribution is 2.24. The summed E-state index contributed by atoms with van der Waals surface area (Å²) < 4.78 is 25.0. The molecule has 1 atom stereocenters. The number of nitrogens with two attached hydrogens (primary N) is 1. The van der Waals surface area contributed by atoms with E-state index in [-0.39, 0.29) is 18.4 Å². The molecule has 0 aliphatic carbocycles. The minimum Gasteiger partial charge on any atom is -0.279 e. The van der Waals surface area contributed by atoms with Crippen molar-refractivity contribution < 1.29 is 18.5 Å². The fraction of sp³-hybridized carbons (Fsp3) is 0.304. The number of amides is 1. The van der Waals surface area contributed by atoms with Crippen LogP contribution in [-0.2, 0) is 21.2 Å². The van der Waals surface area contributed by atoms with Crippen molar-refractivity contribution in [2.45, 2.75) is 25.3 Å². The van der Waals surface area contributed by atoms with Gasteiger partial charge in [-0.05, 0) is 35.1 Å². The Balaban J connectivity index is 1.46. The number of sulfonamides is 1. The van der Waals surface area contributed by atoms with E-state index in [4.69, 9.17) is 0 Å². The number of primary amides is 1. The number of rotatable bonds is 5. The van der Waals surface area contributed by atoms with Crippen LogP contribution >= 0.6 is 0 Å². The summed E-state index contributed by atoms with van der Waals surface area (Å²) in [6, 6.07) is 18.4. The van der Waals surface area contributed by atoms with Crippen LogP contribution in [0.25, 0.3) is 21.9 Å². The number of carbonyl (C=O) groups is 1. The molecule has 1 aliphatic heterocycles. The molecule has 30 heavy (non-hydrogen) atoms. The minimum absolute atomic E-state index is 0.0126. The van der Waals surface area contributed by atoms with Crippen molar-refractivity contribution in [3.63, 3.8) is 0 Å². The average Bonchev–Trinajstić information content (AvgIpc) is 2.73. The number of pyridine rings is 1. The number of fused-ring (bicyclic) bond motifs is 1. The number of piperidine rings is 1. The lowest BCUT2D eigenvalue weighted by atomic mass is 10.0. The smallest absolute Gasteiger partial charge is 0.279 e. The number of hydrogen-bond acceptors (Lipinski definition) is 4. The number of benzene rings is 2. The van der Waals surface area contributed by atoms with Crippen LogP contribution in [0.3, 0.4) is 0 Å². The molecule has 3 aromatic rings. The molecule has 0 radical (unpaired) electrons. The first kappa shape index (κ1) is 20.7. The van der Waals surface area contributed by atoms with Crippen molar-refractivity contribution in [1.29, 1.82) is 0 Å². The fourth-order valence-corrected chi connectivity index (χ4v) is 4.93. The summed E-state index contributed by atoms with van der Waals surface area (Å²) >= 11 is 0. The average molecular weight is 425 g/mol. The fourth-order valence-electron chi connectivity index (χ4n) is 4.00. The molecule has 7 heteroatoms. The van der Waals surface area contributed by atoms with Crippen molar-refractivity contribution >= 4 is 26.7 Å². The summed E-state index contributed by atoms with van der Waals surface area (Å²) in [5, 5.41) is 3.77. The van der Waals surface area contributed by atoms with Gasteiger partial charge in [0, 0.05) is 24.5 Å². The molecule has 0 spiro atoms. The number of hydrogen-bond donors (Lipinski definition) is 1. The second-order valence-electron chi connectivity index (χ2n) is 7.94. The first-order chi connectivity index (χ1) is 14.4. The Hall–Kier alpha value is -2.61. The zero-order valence-corrected chi connectivity index (χ0v) is 17.8. The van der Waals surface area contributed by atoms with E-state index in [1.165, 1.54) is 10.6 Å². The summed E-state index contributed by atoms with van der Waals surface area (Å²) in [5.74, 6) is -0.0126. The van der Waals surface area contributed by atoms with Crippen molar-refractivity contribution in [2.75, 3.05) is 19.3 Å². The van der Waals surface area contributed by atoms with E-state index in [1.807, 2.05) is 30.3 Å².